The van der Waals surface area contributed by atoms with E-state index >= 15 is 0 Å². The minimum absolute atomic E-state index is 0.0349. The molecule has 5 aromatic rings. The van der Waals surface area contributed by atoms with Gasteiger partial charge in [0.05, 0.1) is 47.6 Å². The molecule has 1 aliphatic rings. The van der Waals surface area contributed by atoms with Gasteiger partial charge in [0.2, 0.25) is 5.91 Å². The maximum absolute atomic E-state index is 11.4. The number of nitrogens with zero attached hydrogens (tertiary/aromatic N) is 7. The molecular formula is C27H26N8OS. The molecule has 0 atom stereocenters. The van der Waals surface area contributed by atoms with Gasteiger partial charge in [0.25, 0.3) is 0 Å². The number of rotatable bonds is 5. The quantitative estimate of drug-likeness (QED) is 0.364. The zero-order chi connectivity index (χ0) is 25.5. The normalized spacial score (nSPS) is 17.8. The zero-order valence-electron chi connectivity index (χ0n) is 20.6. The minimum atomic E-state index is 0.0349. The fraction of sp³-hybridized carbons (Fsp3) is 0.296. The highest BCUT2D eigenvalue weighted by Gasteiger charge is 2.25. The summed E-state index contributed by atoms with van der Waals surface area (Å²) in [5.41, 5.74) is 5.48. The second-order valence-electron chi connectivity index (χ2n) is 9.51. The molecule has 0 spiro atoms. The summed E-state index contributed by atoms with van der Waals surface area (Å²) in [5.74, 6) is 0.0349. The van der Waals surface area contributed by atoms with Gasteiger partial charge in [-0.2, -0.15) is 15.5 Å². The maximum Gasteiger partial charge on any atom is 0.217 e. The smallest absolute Gasteiger partial charge is 0.217 e. The Morgan fingerprint density at radius 1 is 1.16 bits per heavy atom. The Morgan fingerprint density at radius 3 is 2.78 bits per heavy atom. The Labute approximate surface area is 218 Å². The first kappa shape index (κ1) is 23.3. The molecule has 0 aromatic carbocycles. The van der Waals surface area contributed by atoms with E-state index in [2.05, 4.69) is 45.2 Å². The van der Waals surface area contributed by atoms with E-state index in [1.165, 1.54) is 0 Å². The SMILES string of the molecule is CC(=O)N[C@H]1CC[C@@H](n2ncc(-c3cc(Sc4cccn5cncc45)c4c(C#N)cnn4c3)c2C)CC1. The number of hydrogen-bond donors (Lipinski definition) is 1. The highest BCUT2D eigenvalue weighted by molar-refractivity contribution is 7.99. The first-order valence-corrected chi connectivity index (χ1v) is 13.1. The molecule has 37 heavy (non-hydrogen) atoms. The molecule has 0 radical (unpaired) electrons. The molecule has 186 valence electrons. The van der Waals surface area contributed by atoms with Crippen LogP contribution in [0.4, 0.5) is 0 Å². The van der Waals surface area contributed by atoms with E-state index in [0.717, 1.165) is 63.3 Å². The van der Waals surface area contributed by atoms with Crippen molar-refractivity contribution in [1.82, 2.24) is 34.1 Å². The predicted octanol–water partition coefficient (Wildman–Crippen LogP) is 4.80. The van der Waals surface area contributed by atoms with Gasteiger partial charge >= 0.3 is 0 Å². The molecule has 0 unspecified atom stereocenters. The molecule has 10 heteroatoms. The molecule has 0 aliphatic heterocycles. The van der Waals surface area contributed by atoms with Crippen molar-refractivity contribution in [2.75, 3.05) is 0 Å². The van der Waals surface area contributed by atoms with Crippen molar-refractivity contribution in [1.29, 1.82) is 5.26 Å². The van der Waals surface area contributed by atoms with Crippen molar-refractivity contribution < 1.29 is 4.79 Å². The van der Waals surface area contributed by atoms with Crippen LogP contribution in [-0.2, 0) is 4.79 Å². The van der Waals surface area contributed by atoms with Crippen LogP contribution in [0.15, 0.2) is 65.3 Å². The van der Waals surface area contributed by atoms with Crippen molar-refractivity contribution in [3.05, 3.63) is 66.8 Å². The summed E-state index contributed by atoms with van der Waals surface area (Å²) in [6.07, 6.45) is 15.0. The largest absolute Gasteiger partial charge is 0.354 e. The molecule has 5 heterocycles. The number of amides is 1. The van der Waals surface area contributed by atoms with Crippen LogP contribution in [0.1, 0.15) is 49.9 Å². The van der Waals surface area contributed by atoms with Gasteiger partial charge in [0, 0.05) is 52.0 Å². The fourth-order valence-corrected chi connectivity index (χ4v) is 6.48. The Morgan fingerprint density at radius 2 is 2.00 bits per heavy atom. The van der Waals surface area contributed by atoms with E-state index in [0.29, 0.717) is 11.6 Å². The summed E-state index contributed by atoms with van der Waals surface area (Å²) in [7, 11) is 0. The van der Waals surface area contributed by atoms with Gasteiger partial charge in [0.15, 0.2) is 0 Å². The van der Waals surface area contributed by atoms with E-state index in [-0.39, 0.29) is 11.9 Å². The number of imidazole rings is 1. The summed E-state index contributed by atoms with van der Waals surface area (Å²) in [6, 6.07) is 9.03. The fourth-order valence-electron chi connectivity index (χ4n) is 5.35. The van der Waals surface area contributed by atoms with Gasteiger partial charge in [-0.1, -0.05) is 11.8 Å². The van der Waals surface area contributed by atoms with Gasteiger partial charge in [-0.15, -0.1) is 0 Å². The lowest BCUT2D eigenvalue weighted by atomic mass is 9.91. The van der Waals surface area contributed by atoms with Gasteiger partial charge < -0.3 is 9.72 Å². The summed E-state index contributed by atoms with van der Waals surface area (Å²) in [5, 5.41) is 22.1. The number of carbonyl (C=O) groups excluding carboxylic acids is 1. The van der Waals surface area contributed by atoms with E-state index in [4.69, 9.17) is 5.10 Å². The molecule has 0 saturated heterocycles. The second kappa shape index (κ2) is 9.41. The van der Waals surface area contributed by atoms with Crippen LogP contribution >= 0.6 is 11.8 Å². The number of fused-ring (bicyclic) bond motifs is 2. The predicted molar refractivity (Wildman–Crippen MR) is 140 cm³/mol. The van der Waals surface area contributed by atoms with Crippen molar-refractivity contribution in [2.45, 2.75) is 61.4 Å². The first-order chi connectivity index (χ1) is 18.0. The lowest BCUT2D eigenvalue weighted by Gasteiger charge is -2.29. The number of aromatic nitrogens is 6. The Balaban J connectivity index is 1.36. The van der Waals surface area contributed by atoms with Gasteiger partial charge in [-0.3, -0.25) is 9.48 Å². The molecule has 6 rings (SSSR count). The van der Waals surface area contributed by atoms with E-state index in [9.17, 15) is 10.1 Å². The standard InChI is InChI=1S/C27H26N8OS/c1-17-23(13-31-35(17)22-7-5-21(6-8-22)32-18(2)36)19-10-26(27-20(11-28)12-30-34(27)15-19)37-25-4-3-9-33-16-29-14-24(25)33/h3-4,9-10,12-16,21-22H,5-8H2,1-2H3,(H,32,36)/t21-,22+. The maximum atomic E-state index is 11.4. The number of carbonyl (C=O) groups is 1. The molecule has 1 saturated carbocycles. The number of nitrogens with one attached hydrogen (secondary N) is 1. The average Bonchev–Trinajstić information content (AvgIpc) is 3.62. The number of hydrogen-bond acceptors (Lipinski definition) is 6. The lowest BCUT2D eigenvalue weighted by molar-refractivity contribution is -0.119. The van der Waals surface area contributed by atoms with Gasteiger partial charge in [-0.25, -0.2) is 9.50 Å². The molecule has 1 fully saturated rings. The average molecular weight is 511 g/mol. The van der Waals surface area contributed by atoms with Crippen molar-refractivity contribution in [2.24, 2.45) is 0 Å². The number of pyridine rings is 2. The zero-order valence-corrected chi connectivity index (χ0v) is 21.4. The van der Waals surface area contributed by atoms with E-state index < -0.39 is 0 Å². The molecule has 9 nitrogen and oxygen atoms in total. The molecule has 0 bridgehead atoms. The second-order valence-corrected chi connectivity index (χ2v) is 10.6. The van der Waals surface area contributed by atoms with Crippen molar-refractivity contribution in [3.8, 4) is 17.2 Å². The van der Waals surface area contributed by atoms with Gasteiger partial charge in [-0.05, 0) is 50.8 Å². The summed E-state index contributed by atoms with van der Waals surface area (Å²) in [4.78, 5) is 17.7. The van der Waals surface area contributed by atoms with Crippen LogP contribution in [-0.4, -0.2) is 40.7 Å². The topological polar surface area (TPSA) is 105 Å². The van der Waals surface area contributed by atoms with Gasteiger partial charge in [0.1, 0.15) is 6.07 Å². The third-order valence-electron chi connectivity index (χ3n) is 7.14. The third-order valence-corrected chi connectivity index (χ3v) is 8.23. The van der Waals surface area contributed by atoms with E-state index in [1.54, 1.807) is 35.7 Å². The van der Waals surface area contributed by atoms with Crippen LogP contribution in [0.25, 0.3) is 22.2 Å². The van der Waals surface area contributed by atoms with Crippen LogP contribution < -0.4 is 5.32 Å². The van der Waals surface area contributed by atoms with Crippen LogP contribution in [0.2, 0.25) is 0 Å². The molecule has 1 N–H and O–H groups in total. The highest BCUT2D eigenvalue weighted by Crippen LogP contribution is 2.39. The van der Waals surface area contributed by atoms with Crippen LogP contribution in [0.5, 0.6) is 0 Å². The van der Waals surface area contributed by atoms with Crippen molar-refractivity contribution >= 4 is 28.7 Å². The van der Waals surface area contributed by atoms with Crippen LogP contribution in [0.3, 0.4) is 0 Å². The minimum Gasteiger partial charge on any atom is -0.354 e. The first-order valence-electron chi connectivity index (χ1n) is 12.3. The summed E-state index contributed by atoms with van der Waals surface area (Å²) >= 11 is 1.61. The Kier molecular flexibility index (Phi) is 5.93. The molecule has 5 aromatic heterocycles. The lowest BCUT2D eigenvalue weighted by Crippen LogP contribution is -2.36. The number of nitriles is 1. The molecular weight excluding hydrogens is 484 g/mol. The summed E-state index contributed by atoms with van der Waals surface area (Å²) in [6.45, 7) is 3.69. The Hall–Kier alpha value is -4.10. The highest BCUT2D eigenvalue weighted by atomic mass is 32.2. The monoisotopic (exact) mass is 510 g/mol. The molecule has 1 aliphatic carbocycles. The summed E-state index contributed by atoms with van der Waals surface area (Å²) < 4.78 is 5.91. The Bertz CT molecular complexity index is 1660. The van der Waals surface area contributed by atoms with Crippen LogP contribution in [0, 0.1) is 18.3 Å². The third kappa shape index (κ3) is 4.25. The van der Waals surface area contributed by atoms with E-state index in [1.807, 2.05) is 35.3 Å². The van der Waals surface area contributed by atoms with Crippen molar-refractivity contribution in [3.63, 3.8) is 0 Å². The molecule has 1 amide bonds.